The fourth-order valence-corrected chi connectivity index (χ4v) is 3.94. The minimum Gasteiger partial charge on any atom is -0.369 e. The molecule has 4 rings (SSSR count). The van der Waals surface area contributed by atoms with Crippen LogP contribution in [0.3, 0.4) is 0 Å². The quantitative estimate of drug-likeness (QED) is 0.852. The van der Waals surface area contributed by atoms with E-state index in [0.29, 0.717) is 0 Å². The number of hydrogen-bond acceptors (Lipinski definition) is 1. The maximum atomic E-state index is 11.7. The Bertz CT molecular complexity index is 863. The van der Waals surface area contributed by atoms with Crippen LogP contribution in [-0.4, -0.2) is 5.91 Å². The number of carbonyl (C=O) groups excluding carboxylic acids is 1. The highest BCUT2D eigenvalue weighted by Crippen LogP contribution is 2.35. The van der Waals surface area contributed by atoms with E-state index in [1.54, 1.807) is 0 Å². The van der Waals surface area contributed by atoms with Gasteiger partial charge in [0.05, 0.1) is 5.92 Å². The van der Waals surface area contributed by atoms with Crippen LogP contribution in [0.25, 0.3) is 22.9 Å². The van der Waals surface area contributed by atoms with Crippen molar-refractivity contribution in [1.29, 1.82) is 0 Å². The van der Waals surface area contributed by atoms with Gasteiger partial charge in [0.2, 0.25) is 5.91 Å². The molecule has 0 spiro atoms. The topological polar surface area (TPSA) is 43.1 Å². The highest BCUT2D eigenvalue weighted by Gasteiger charge is 2.25. The third kappa shape index (κ3) is 1.90. The molecular formula is C19H19NO. The van der Waals surface area contributed by atoms with E-state index in [2.05, 4.69) is 36.4 Å². The Morgan fingerprint density at radius 2 is 1.86 bits per heavy atom. The lowest BCUT2D eigenvalue weighted by Crippen LogP contribution is -2.29. The summed E-state index contributed by atoms with van der Waals surface area (Å²) in [5.41, 5.74) is 8.08. The minimum atomic E-state index is -0.187. The molecule has 2 heteroatoms. The van der Waals surface area contributed by atoms with Gasteiger partial charge in [0.1, 0.15) is 0 Å². The maximum absolute atomic E-state index is 11.7. The summed E-state index contributed by atoms with van der Waals surface area (Å²) in [6, 6.07) is 8.77. The zero-order valence-electron chi connectivity index (χ0n) is 12.1. The van der Waals surface area contributed by atoms with Crippen LogP contribution < -0.4 is 16.2 Å². The van der Waals surface area contributed by atoms with E-state index in [1.165, 1.54) is 26.8 Å². The fraction of sp³-hybridized carbons (Fsp3) is 0.316. The molecule has 2 nitrogen and oxygen atoms in total. The summed E-state index contributed by atoms with van der Waals surface area (Å²) < 4.78 is 0. The van der Waals surface area contributed by atoms with Gasteiger partial charge in [-0.15, -0.1) is 0 Å². The standard InChI is InChI=1S/C19H19NO/c20-19(21)18-7-3-6-14-16-9-8-12-4-1-2-5-13(12)15(16)10-11-17(14)18/h4-5,8-11,18H,1-3,6-7H2,(H2,20,21). The number of benzene rings is 2. The summed E-state index contributed by atoms with van der Waals surface area (Å²) in [5.74, 6) is -0.294. The Morgan fingerprint density at radius 1 is 1.05 bits per heavy atom. The molecule has 2 aromatic carbocycles. The lowest BCUT2D eigenvalue weighted by atomic mass is 9.80. The summed E-state index contributed by atoms with van der Waals surface area (Å²) >= 11 is 0. The largest absolute Gasteiger partial charge is 0.369 e. The Hall–Kier alpha value is -2.09. The summed E-state index contributed by atoms with van der Waals surface area (Å²) in [5, 5.41) is 5.34. The number of amides is 1. The molecule has 0 heterocycles. The monoisotopic (exact) mass is 277 g/mol. The van der Waals surface area contributed by atoms with Crippen LogP contribution in [0.4, 0.5) is 0 Å². The molecule has 0 bridgehead atoms. The van der Waals surface area contributed by atoms with Crippen molar-refractivity contribution in [3.63, 3.8) is 0 Å². The first kappa shape index (κ1) is 12.6. The van der Waals surface area contributed by atoms with Gasteiger partial charge in [0, 0.05) is 0 Å². The normalized spacial score (nSPS) is 20.1. The van der Waals surface area contributed by atoms with Gasteiger partial charge in [0.15, 0.2) is 0 Å². The zero-order chi connectivity index (χ0) is 14.4. The Kier molecular flexibility index (Phi) is 2.85. The van der Waals surface area contributed by atoms with Crippen molar-refractivity contribution < 1.29 is 4.79 Å². The molecule has 0 radical (unpaired) electrons. The van der Waals surface area contributed by atoms with Crippen LogP contribution in [0.1, 0.15) is 42.7 Å². The summed E-state index contributed by atoms with van der Waals surface area (Å²) in [6.45, 7) is 0. The van der Waals surface area contributed by atoms with Crippen molar-refractivity contribution in [3.05, 3.63) is 45.8 Å². The molecule has 1 unspecified atom stereocenters. The van der Waals surface area contributed by atoms with E-state index >= 15 is 0 Å². The van der Waals surface area contributed by atoms with Gasteiger partial charge in [-0.3, -0.25) is 4.79 Å². The van der Waals surface area contributed by atoms with Gasteiger partial charge >= 0.3 is 0 Å². The molecular weight excluding hydrogens is 258 g/mol. The zero-order valence-corrected chi connectivity index (χ0v) is 12.1. The van der Waals surface area contributed by atoms with Crippen LogP contribution in [0.5, 0.6) is 0 Å². The van der Waals surface area contributed by atoms with E-state index in [1.807, 2.05) is 0 Å². The lowest BCUT2D eigenvalue weighted by Gasteiger charge is -2.24. The van der Waals surface area contributed by atoms with E-state index in [9.17, 15) is 4.79 Å². The SMILES string of the molecule is NC(=O)C1CCCc2c1ccc1c3c(ccc21)=CCCC=3. The van der Waals surface area contributed by atoms with Gasteiger partial charge < -0.3 is 5.73 Å². The minimum absolute atomic E-state index is 0.107. The summed E-state index contributed by atoms with van der Waals surface area (Å²) in [6.07, 6.45) is 9.91. The lowest BCUT2D eigenvalue weighted by molar-refractivity contribution is -0.119. The third-order valence-electron chi connectivity index (χ3n) is 4.94. The van der Waals surface area contributed by atoms with E-state index in [4.69, 9.17) is 5.73 Å². The van der Waals surface area contributed by atoms with Gasteiger partial charge in [-0.25, -0.2) is 0 Å². The second-order valence-electron chi connectivity index (χ2n) is 6.13. The van der Waals surface area contributed by atoms with Crippen LogP contribution in [0.15, 0.2) is 24.3 Å². The van der Waals surface area contributed by atoms with Gasteiger partial charge in [0.25, 0.3) is 0 Å². The molecule has 2 aliphatic rings. The smallest absolute Gasteiger partial charge is 0.224 e. The van der Waals surface area contributed by atoms with E-state index in [0.717, 1.165) is 37.7 Å². The number of aryl methyl sites for hydroxylation is 1. The maximum Gasteiger partial charge on any atom is 0.224 e. The molecule has 0 aromatic heterocycles. The fourth-order valence-electron chi connectivity index (χ4n) is 3.94. The Balaban J connectivity index is 2.06. The molecule has 0 saturated heterocycles. The summed E-state index contributed by atoms with van der Waals surface area (Å²) in [7, 11) is 0. The number of fused-ring (bicyclic) bond motifs is 5. The predicted octanol–water partition coefficient (Wildman–Crippen LogP) is 2.10. The highest BCUT2D eigenvalue weighted by molar-refractivity contribution is 5.91. The highest BCUT2D eigenvalue weighted by atomic mass is 16.1. The molecule has 2 N–H and O–H groups in total. The van der Waals surface area contributed by atoms with E-state index in [-0.39, 0.29) is 11.8 Å². The van der Waals surface area contributed by atoms with Crippen LogP contribution in [-0.2, 0) is 11.2 Å². The van der Waals surface area contributed by atoms with Crippen LogP contribution >= 0.6 is 0 Å². The van der Waals surface area contributed by atoms with Gasteiger partial charge in [-0.1, -0.05) is 36.4 Å². The van der Waals surface area contributed by atoms with Crippen LogP contribution in [0, 0.1) is 0 Å². The first-order valence-corrected chi connectivity index (χ1v) is 7.80. The number of nitrogens with two attached hydrogens (primary N) is 1. The number of rotatable bonds is 1. The molecule has 0 aliphatic heterocycles. The first-order valence-electron chi connectivity index (χ1n) is 7.80. The van der Waals surface area contributed by atoms with Gasteiger partial charge in [-0.05, 0) is 64.4 Å². The molecule has 21 heavy (non-hydrogen) atoms. The van der Waals surface area contributed by atoms with Crippen molar-refractivity contribution in [2.45, 2.75) is 38.0 Å². The molecule has 2 aliphatic carbocycles. The predicted molar refractivity (Wildman–Crippen MR) is 86.2 cm³/mol. The average Bonchev–Trinajstić information content (AvgIpc) is 2.53. The molecule has 1 atom stereocenters. The number of carbonyl (C=O) groups is 1. The molecule has 0 fully saturated rings. The van der Waals surface area contributed by atoms with Crippen molar-refractivity contribution in [2.75, 3.05) is 0 Å². The molecule has 2 aromatic rings. The van der Waals surface area contributed by atoms with Crippen molar-refractivity contribution in [2.24, 2.45) is 5.73 Å². The Morgan fingerprint density at radius 3 is 2.71 bits per heavy atom. The third-order valence-corrected chi connectivity index (χ3v) is 4.94. The molecule has 1 amide bonds. The van der Waals surface area contributed by atoms with E-state index < -0.39 is 0 Å². The second kappa shape index (κ2) is 4.73. The molecule has 106 valence electrons. The van der Waals surface area contributed by atoms with Crippen molar-refractivity contribution >= 4 is 28.8 Å². The second-order valence-corrected chi connectivity index (χ2v) is 6.13. The Labute approximate surface area is 124 Å². The average molecular weight is 277 g/mol. The van der Waals surface area contributed by atoms with Gasteiger partial charge in [-0.2, -0.15) is 0 Å². The first-order chi connectivity index (χ1) is 10.3. The van der Waals surface area contributed by atoms with Crippen molar-refractivity contribution in [3.8, 4) is 0 Å². The summed E-state index contributed by atoms with van der Waals surface area (Å²) in [4.78, 5) is 11.7. The molecule has 0 saturated carbocycles. The number of hydrogen-bond donors (Lipinski definition) is 1. The number of primary amides is 1. The van der Waals surface area contributed by atoms with Crippen molar-refractivity contribution in [1.82, 2.24) is 0 Å². The van der Waals surface area contributed by atoms with Crippen LogP contribution in [0.2, 0.25) is 0 Å².